The third-order valence-electron chi connectivity index (χ3n) is 5.75. The fourth-order valence-electron chi connectivity index (χ4n) is 3.94. The summed E-state index contributed by atoms with van der Waals surface area (Å²) in [6.07, 6.45) is -1.72. The molecule has 0 saturated heterocycles. The molecular weight excluding hydrogens is 444 g/mol. The number of carbonyl (C=O) groups is 3. The van der Waals surface area contributed by atoms with Crippen LogP contribution in [-0.4, -0.2) is 50.0 Å². The minimum atomic E-state index is -1.19. The maximum absolute atomic E-state index is 13.4. The summed E-state index contributed by atoms with van der Waals surface area (Å²) < 4.78 is 4.70. The van der Waals surface area contributed by atoms with Gasteiger partial charge in [-0.2, -0.15) is 0 Å². The van der Waals surface area contributed by atoms with Crippen molar-refractivity contribution in [3.05, 3.63) is 102 Å². The van der Waals surface area contributed by atoms with Crippen LogP contribution in [0.2, 0.25) is 0 Å². The van der Waals surface area contributed by atoms with Gasteiger partial charge in [0.15, 0.2) is 0 Å². The second-order valence-electron chi connectivity index (χ2n) is 8.05. The van der Waals surface area contributed by atoms with Crippen LogP contribution in [0, 0.1) is 0 Å². The zero-order valence-corrected chi connectivity index (χ0v) is 19.5. The lowest BCUT2D eigenvalue weighted by atomic mass is 10.0. The molecule has 4 rings (SSSR count). The number of nitrogens with zero attached hydrogens (tertiary/aromatic N) is 2. The monoisotopic (exact) mass is 470 g/mol. The highest BCUT2D eigenvalue weighted by molar-refractivity contribution is 6.20. The molecule has 3 amide bonds. The number of aliphatic imine (C=N–C) groups is 1. The van der Waals surface area contributed by atoms with Crippen molar-refractivity contribution in [1.82, 2.24) is 10.6 Å². The number of para-hydroxylation sites is 1. The Balaban J connectivity index is 1.68. The third kappa shape index (κ3) is 5.38. The predicted molar refractivity (Wildman–Crippen MR) is 133 cm³/mol. The first kappa shape index (κ1) is 23.7. The first-order valence-corrected chi connectivity index (χ1v) is 11.2. The van der Waals surface area contributed by atoms with Crippen molar-refractivity contribution in [2.24, 2.45) is 4.99 Å². The highest BCUT2D eigenvalue weighted by Gasteiger charge is 2.33. The standard InChI is InChI=1S/C27H26N4O4/c1-31-22-16-10-9-15-20(22)23(19-13-7-4-8-14-19)29-24(26(31)33)30-25(32)21(28-27(34)35-2)17-18-11-5-3-6-12-18/h3-16,21,24H,17H2,1-2H3,(H,28,34)(H,30,32). The van der Waals surface area contributed by atoms with Crippen molar-refractivity contribution in [3.8, 4) is 0 Å². The maximum atomic E-state index is 13.4. The number of rotatable bonds is 6. The Kier molecular flexibility index (Phi) is 7.21. The van der Waals surface area contributed by atoms with E-state index in [1.165, 1.54) is 12.0 Å². The average molecular weight is 471 g/mol. The van der Waals surface area contributed by atoms with E-state index >= 15 is 0 Å². The van der Waals surface area contributed by atoms with E-state index in [9.17, 15) is 14.4 Å². The van der Waals surface area contributed by atoms with Gasteiger partial charge in [0.25, 0.3) is 5.91 Å². The van der Waals surface area contributed by atoms with Crippen molar-refractivity contribution in [3.63, 3.8) is 0 Å². The van der Waals surface area contributed by atoms with Gasteiger partial charge >= 0.3 is 6.09 Å². The van der Waals surface area contributed by atoms with E-state index in [4.69, 9.17) is 9.73 Å². The maximum Gasteiger partial charge on any atom is 0.407 e. The zero-order chi connectivity index (χ0) is 24.8. The van der Waals surface area contributed by atoms with Crippen molar-refractivity contribution >= 4 is 29.3 Å². The number of alkyl carbamates (subject to hydrolysis) is 1. The van der Waals surface area contributed by atoms with Crippen molar-refractivity contribution in [1.29, 1.82) is 0 Å². The Bertz CT molecular complexity index is 1240. The molecule has 1 aliphatic heterocycles. The lowest BCUT2D eigenvalue weighted by Gasteiger charge is -2.23. The van der Waals surface area contributed by atoms with Gasteiger partial charge in [-0.3, -0.25) is 9.59 Å². The lowest BCUT2D eigenvalue weighted by Crippen LogP contribution is -2.54. The van der Waals surface area contributed by atoms with Gasteiger partial charge in [0.05, 0.1) is 18.5 Å². The van der Waals surface area contributed by atoms with Gasteiger partial charge in [-0.05, 0) is 11.6 Å². The number of anilines is 1. The van der Waals surface area contributed by atoms with Gasteiger partial charge < -0.3 is 20.3 Å². The van der Waals surface area contributed by atoms with Crippen LogP contribution in [-0.2, 0) is 20.7 Å². The number of hydrogen-bond acceptors (Lipinski definition) is 5. The van der Waals surface area contributed by atoms with E-state index < -0.39 is 30.1 Å². The van der Waals surface area contributed by atoms with E-state index in [1.54, 1.807) is 7.05 Å². The third-order valence-corrected chi connectivity index (χ3v) is 5.75. The molecule has 0 aliphatic carbocycles. The van der Waals surface area contributed by atoms with Crippen LogP contribution in [0.5, 0.6) is 0 Å². The molecule has 0 fully saturated rings. The summed E-state index contributed by atoms with van der Waals surface area (Å²) in [6.45, 7) is 0. The summed E-state index contributed by atoms with van der Waals surface area (Å²) in [5, 5.41) is 5.30. The van der Waals surface area contributed by atoms with Gasteiger partial charge in [-0.15, -0.1) is 0 Å². The van der Waals surface area contributed by atoms with Gasteiger partial charge in [-0.25, -0.2) is 9.79 Å². The molecule has 3 aromatic carbocycles. The average Bonchev–Trinajstić information content (AvgIpc) is 3.00. The van der Waals surface area contributed by atoms with Crippen LogP contribution in [0.25, 0.3) is 0 Å². The van der Waals surface area contributed by atoms with Crippen LogP contribution < -0.4 is 15.5 Å². The molecule has 2 atom stereocenters. The van der Waals surface area contributed by atoms with Gasteiger partial charge in [0.1, 0.15) is 6.04 Å². The van der Waals surface area contributed by atoms with Gasteiger partial charge in [0, 0.05) is 24.6 Å². The molecule has 0 radical (unpaired) electrons. The number of benzene rings is 3. The van der Waals surface area contributed by atoms with Crippen LogP contribution in [0.15, 0.2) is 89.9 Å². The molecule has 35 heavy (non-hydrogen) atoms. The Hall–Kier alpha value is -4.46. The largest absolute Gasteiger partial charge is 0.453 e. The van der Waals surface area contributed by atoms with Crippen LogP contribution in [0.3, 0.4) is 0 Å². The fraction of sp³-hybridized carbons (Fsp3) is 0.185. The van der Waals surface area contributed by atoms with E-state index in [0.717, 1.165) is 16.7 Å². The first-order valence-electron chi connectivity index (χ1n) is 11.2. The van der Waals surface area contributed by atoms with Crippen LogP contribution in [0.1, 0.15) is 16.7 Å². The minimum absolute atomic E-state index is 0.216. The molecule has 0 spiro atoms. The topological polar surface area (TPSA) is 100 Å². The number of carbonyl (C=O) groups excluding carboxylic acids is 3. The van der Waals surface area contributed by atoms with Gasteiger partial charge in [-0.1, -0.05) is 78.9 Å². The van der Waals surface area contributed by atoms with Crippen molar-refractivity contribution in [2.45, 2.75) is 18.6 Å². The Morgan fingerprint density at radius 3 is 2.29 bits per heavy atom. The molecule has 3 aromatic rings. The molecule has 0 bridgehead atoms. The number of hydrogen-bond donors (Lipinski definition) is 2. The molecule has 8 heteroatoms. The summed E-state index contributed by atoms with van der Waals surface area (Å²) in [5.74, 6) is -0.943. The van der Waals surface area contributed by atoms with Crippen LogP contribution in [0.4, 0.5) is 10.5 Å². The van der Waals surface area contributed by atoms with E-state index in [0.29, 0.717) is 11.4 Å². The predicted octanol–water partition coefficient (Wildman–Crippen LogP) is 2.91. The summed E-state index contributed by atoms with van der Waals surface area (Å²) in [6, 6.07) is 25.2. The lowest BCUT2D eigenvalue weighted by molar-refractivity contribution is -0.128. The molecule has 0 aromatic heterocycles. The van der Waals surface area contributed by atoms with E-state index in [-0.39, 0.29) is 6.42 Å². The fourth-order valence-corrected chi connectivity index (χ4v) is 3.94. The number of ether oxygens (including phenoxy) is 1. The molecule has 2 unspecified atom stereocenters. The van der Waals surface area contributed by atoms with Crippen molar-refractivity contribution < 1.29 is 19.1 Å². The summed E-state index contributed by atoms with van der Waals surface area (Å²) >= 11 is 0. The number of benzodiazepines with no additional fused rings is 1. The van der Waals surface area contributed by atoms with Crippen molar-refractivity contribution in [2.75, 3.05) is 19.1 Å². The quantitative estimate of drug-likeness (QED) is 0.579. The van der Waals surface area contributed by atoms with E-state index in [1.807, 2.05) is 84.9 Å². The number of fused-ring (bicyclic) bond motifs is 1. The SMILES string of the molecule is COC(=O)NC(Cc1ccccc1)C(=O)NC1N=C(c2ccccc2)c2ccccc2N(C)C1=O. The zero-order valence-electron chi connectivity index (χ0n) is 19.5. The number of amides is 3. The molecule has 2 N–H and O–H groups in total. The summed E-state index contributed by atoms with van der Waals surface area (Å²) in [4.78, 5) is 44.8. The molecule has 8 nitrogen and oxygen atoms in total. The summed E-state index contributed by atoms with van der Waals surface area (Å²) in [5.41, 5.74) is 3.71. The highest BCUT2D eigenvalue weighted by atomic mass is 16.5. The summed E-state index contributed by atoms with van der Waals surface area (Å²) in [7, 11) is 2.88. The normalized spacial score (nSPS) is 15.8. The van der Waals surface area contributed by atoms with Gasteiger partial charge in [0.2, 0.25) is 12.1 Å². The van der Waals surface area contributed by atoms with Crippen LogP contribution >= 0.6 is 0 Å². The number of methoxy groups -OCH3 is 1. The Labute approximate surface area is 203 Å². The molecule has 178 valence electrons. The molecule has 1 aliphatic rings. The Morgan fingerprint density at radius 2 is 1.60 bits per heavy atom. The van der Waals surface area contributed by atoms with E-state index in [2.05, 4.69) is 10.6 Å². The number of nitrogens with one attached hydrogen (secondary N) is 2. The highest BCUT2D eigenvalue weighted by Crippen LogP contribution is 2.27. The minimum Gasteiger partial charge on any atom is -0.453 e. The Morgan fingerprint density at radius 1 is 0.971 bits per heavy atom. The first-order chi connectivity index (χ1) is 17.0. The molecular formula is C27H26N4O4. The second-order valence-corrected chi connectivity index (χ2v) is 8.05. The molecule has 0 saturated carbocycles. The second kappa shape index (κ2) is 10.6. The smallest absolute Gasteiger partial charge is 0.407 e. The number of likely N-dealkylation sites (N-methyl/N-ethyl adjacent to an activating group) is 1. The molecule has 1 heterocycles.